The second-order valence-corrected chi connectivity index (χ2v) is 3.66. The quantitative estimate of drug-likeness (QED) is 0.375. The molecule has 0 amide bonds. The summed E-state index contributed by atoms with van der Waals surface area (Å²) < 4.78 is 0. The van der Waals surface area contributed by atoms with Crippen LogP contribution >= 0.6 is 8.58 Å². The molecule has 0 aromatic rings. The lowest BCUT2D eigenvalue weighted by Gasteiger charge is -2.14. The lowest BCUT2D eigenvalue weighted by Crippen LogP contribution is -2.00. The van der Waals surface area contributed by atoms with E-state index in [0.29, 0.717) is 0 Å². The zero-order chi connectivity index (χ0) is 5.82. The smallest absolute Gasteiger partial charge is 0.0202 e. The van der Waals surface area contributed by atoms with Crippen LogP contribution in [0, 0.1) is 0 Å². The monoisotopic (exact) mass is 128 g/mol. The van der Waals surface area contributed by atoms with Gasteiger partial charge in [-0.1, -0.05) is 12.2 Å². The lowest BCUT2D eigenvalue weighted by molar-refractivity contribution is 0.745. The van der Waals surface area contributed by atoms with Crippen molar-refractivity contribution in [2.45, 2.75) is 24.9 Å². The molecule has 0 bridgehead atoms. The summed E-state index contributed by atoms with van der Waals surface area (Å²) in [6, 6.07) is 0. The molecule has 1 aliphatic rings. The van der Waals surface area contributed by atoms with Gasteiger partial charge in [-0.15, -0.1) is 8.58 Å². The van der Waals surface area contributed by atoms with Gasteiger partial charge < -0.3 is 0 Å². The molecule has 0 aromatic heterocycles. The number of hydrogen-bond donors (Lipinski definition) is 0. The molecule has 0 nitrogen and oxygen atoms in total. The van der Waals surface area contributed by atoms with Gasteiger partial charge in [-0.3, -0.25) is 0 Å². The van der Waals surface area contributed by atoms with E-state index in [2.05, 4.69) is 18.8 Å². The first-order valence-corrected chi connectivity index (χ1v) is 4.83. The summed E-state index contributed by atoms with van der Waals surface area (Å²) in [5, 5.41) is 0. The first-order chi connectivity index (χ1) is 3.93. The van der Waals surface area contributed by atoms with Crippen molar-refractivity contribution in [2.24, 2.45) is 0 Å². The third-order valence-electron chi connectivity index (χ3n) is 1.68. The Hall–Kier alpha value is 0.170. The minimum atomic E-state index is 1.03. The van der Waals surface area contributed by atoms with Crippen molar-refractivity contribution in [2.75, 3.05) is 6.66 Å². The molecular weight excluding hydrogens is 115 g/mol. The van der Waals surface area contributed by atoms with E-state index in [4.69, 9.17) is 0 Å². The third kappa shape index (κ3) is 1.59. The molecule has 1 heteroatoms. The molecule has 46 valence electrons. The molecule has 0 N–H and O–H groups in total. The summed E-state index contributed by atoms with van der Waals surface area (Å²) in [6.45, 7) is 2.31. The van der Waals surface area contributed by atoms with E-state index in [1.165, 1.54) is 19.3 Å². The lowest BCUT2D eigenvalue weighted by atomic mass is 10.1. The molecule has 0 aromatic carbocycles. The van der Waals surface area contributed by atoms with Gasteiger partial charge in [0.05, 0.1) is 0 Å². The van der Waals surface area contributed by atoms with Crippen molar-refractivity contribution in [1.82, 2.24) is 0 Å². The van der Waals surface area contributed by atoms with Crippen molar-refractivity contribution >= 4 is 8.58 Å². The Balaban J connectivity index is 2.27. The van der Waals surface area contributed by atoms with Crippen molar-refractivity contribution in [3.63, 3.8) is 0 Å². The molecule has 0 heterocycles. The average Bonchev–Trinajstić information content (AvgIpc) is 1.90. The van der Waals surface area contributed by atoms with Gasteiger partial charge in [0.1, 0.15) is 0 Å². The van der Waals surface area contributed by atoms with Crippen molar-refractivity contribution < 1.29 is 0 Å². The average molecular weight is 128 g/mol. The van der Waals surface area contributed by atoms with Crippen LogP contribution in [-0.4, -0.2) is 12.3 Å². The van der Waals surface area contributed by atoms with Crippen molar-refractivity contribution in [3.8, 4) is 0 Å². The Bertz CT molecular complexity index is 86.4. The van der Waals surface area contributed by atoms with E-state index in [1.54, 1.807) is 0 Å². The third-order valence-corrected chi connectivity index (χ3v) is 3.02. The van der Waals surface area contributed by atoms with Crippen LogP contribution in [0.3, 0.4) is 0 Å². The number of rotatable bonds is 1. The first-order valence-electron chi connectivity index (χ1n) is 3.26. The molecule has 0 aliphatic heterocycles. The van der Waals surface area contributed by atoms with Crippen LogP contribution in [0.1, 0.15) is 19.3 Å². The van der Waals surface area contributed by atoms with Gasteiger partial charge in [-0.2, -0.15) is 0 Å². The van der Waals surface area contributed by atoms with Crippen LogP contribution < -0.4 is 0 Å². The fourth-order valence-corrected chi connectivity index (χ4v) is 1.88. The Labute approximate surface area is 53.1 Å². The predicted molar refractivity (Wildman–Crippen MR) is 41.0 cm³/mol. The fraction of sp³-hybridized carbons (Fsp3) is 0.714. The summed E-state index contributed by atoms with van der Waals surface area (Å²) in [5.74, 6) is 0. The van der Waals surface area contributed by atoms with Crippen LogP contribution in [0.15, 0.2) is 12.2 Å². The summed E-state index contributed by atoms with van der Waals surface area (Å²) in [6.07, 6.45) is 8.73. The van der Waals surface area contributed by atoms with Crippen LogP contribution in [-0.2, 0) is 0 Å². The second-order valence-electron chi connectivity index (χ2n) is 2.27. The van der Waals surface area contributed by atoms with E-state index in [9.17, 15) is 0 Å². The molecule has 0 fully saturated rings. The molecule has 2 atom stereocenters. The Kier molecular flexibility index (Phi) is 2.55. The van der Waals surface area contributed by atoms with E-state index >= 15 is 0 Å². The van der Waals surface area contributed by atoms with Gasteiger partial charge in [0, 0.05) is 0 Å². The zero-order valence-electron chi connectivity index (χ0n) is 5.35. The Morgan fingerprint density at radius 1 is 1.50 bits per heavy atom. The van der Waals surface area contributed by atoms with Gasteiger partial charge in [-0.25, -0.2) is 0 Å². The van der Waals surface area contributed by atoms with E-state index in [0.717, 1.165) is 14.2 Å². The molecular formula is C7H13P. The molecule has 2 unspecified atom stereocenters. The standard InChI is InChI=1S/C7H13P/c1-8-7-5-3-2-4-6-7/h2-3,7-8H,4-6H2,1H3. The van der Waals surface area contributed by atoms with Crippen molar-refractivity contribution in [3.05, 3.63) is 12.2 Å². The highest BCUT2D eigenvalue weighted by Crippen LogP contribution is 2.25. The SMILES string of the molecule is CPC1CC=CCC1. The molecule has 0 saturated heterocycles. The van der Waals surface area contributed by atoms with E-state index in [1.807, 2.05) is 0 Å². The fourth-order valence-electron chi connectivity index (χ4n) is 1.06. The summed E-state index contributed by atoms with van der Waals surface area (Å²) in [7, 11) is 1.16. The number of allylic oxidation sites excluding steroid dienone is 2. The van der Waals surface area contributed by atoms with Crippen LogP contribution in [0.4, 0.5) is 0 Å². The largest absolute Gasteiger partial charge is 0.122 e. The Morgan fingerprint density at radius 2 is 2.38 bits per heavy atom. The van der Waals surface area contributed by atoms with Crippen LogP contribution in [0.5, 0.6) is 0 Å². The minimum absolute atomic E-state index is 1.03. The molecule has 1 rings (SSSR count). The molecule has 0 spiro atoms. The van der Waals surface area contributed by atoms with Crippen molar-refractivity contribution in [1.29, 1.82) is 0 Å². The summed E-state index contributed by atoms with van der Waals surface area (Å²) in [4.78, 5) is 0. The van der Waals surface area contributed by atoms with E-state index < -0.39 is 0 Å². The van der Waals surface area contributed by atoms with Gasteiger partial charge in [0.25, 0.3) is 0 Å². The molecule has 1 aliphatic carbocycles. The molecule has 8 heavy (non-hydrogen) atoms. The topological polar surface area (TPSA) is 0 Å². The maximum atomic E-state index is 2.32. The summed E-state index contributed by atoms with van der Waals surface area (Å²) >= 11 is 0. The van der Waals surface area contributed by atoms with Gasteiger partial charge in [0.2, 0.25) is 0 Å². The summed E-state index contributed by atoms with van der Waals surface area (Å²) in [5.41, 5.74) is 1.03. The number of hydrogen-bond acceptors (Lipinski definition) is 0. The van der Waals surface area contributed by atoms with Gasteiger partial charge in [-0.05, 0) is 31.6 Å². The first kappa shape index (κ1) is 6.29. The molecule has 0 saturated carbocycles. The predicted octanol–water partition coefficient (Wildman–Crippen LogP) is 2.40. The van der Waals surface area contributed by atoms with Gasteiger partial charge in [0.15, 0.2) is 0 Å². The second kappa shape index (κ2) is 3.25. The maximum Gasteiger partial charge on any atom is -0.0202 e. The zero-order valence-corrected chi connectivity index (χ0v) is 6.35. The van der Waals surface area contributed by atoms with Gasteiger partial charge >= 0.3 is 0 Å². The highest BCUT2D eigenvalue weighted by molar-refractivity contribution is 7.37. The highest BCUT2D eigenvalue weighted by atomic mass is 31.1. The Morgan fingerprint density at radius 3 is 2.75 bits per heavy atom. The normalized spacial score (nSPS) is 29.9. The minimum Gasteiger partial charge on any atom is -0.122 e. The van der Waals surface area contributed by atoms with E-state index in [-0.39, 0.29) is 0 Å². The molecule has 0 radical (unpaired) electrons. The van der Waals surface area contributed by atoms with Crippen LogP contribution in [0.2, 0.25) is 0 Å². The highest BCUT2D eigenvalue weighted by Gasteiger charge is 2.04. The maximum absolute atomic E-state index is 2.32. The van der Waals surface area contributed by atoms with Crippen LogP contribution in [0.25, 0.3) is 0 Å².